The van der Waals surface area contributed by atoms with Gasteiger partial charge in [0.2, 0.25) is 0 Å². The first-order valence-electron chi connectivity index (χ1n) is 9.46. The summed E-state index contributed by atoms with van der Waals surface area (Å²) >= 11 is 0. The highest BCUT2D eigenvalue weighted by atomic mass is 16.7. The molecule has 1 saturated heterocycles. The maximum Gasteiger partial charge on any atom is 0.172 e. The van der Waals surface area contributed by atoms with Crippen LogP contribution in [0.15, 0.2) is 11.8 Å². The van der Waals surface area contributed by atoms with E-state index in [-0.39, 0.29) is 17.8 Å². The van der Waals surface area contributed by atoms with Gasteiger partial charge in [-0.05, 0) is 37.2 Å². The van der Waals surface area contributed by atoms with Gasteiger partial charge in [-0.1, -0.05) is 33.1 Å². The lowest BCUT2D eigenvalue weighted by molar-refractivity contribution is -0.275. The molecule has 1 unspecified atom stereocenters. The Balaban J connectivity index is 1.50. The molecule has 3 fully saturated rings. The number of hydrogen-bond acceptors (Lipinski definition) is 4. The van der Waals surface area contributed by atoms with Gasteiger partial charge in [0.25, 0.3) is 0 Å². The third-order valence-electron chi connectivity index (χ3n) is 6.44. The van der Waals surface area contributed by atoms with Crippen LogP contribution in [-0.4, -0.2) is 35.3 Å². The Morgan fingerprint density at radius 3 is 2.61 bits per heavy atom. The second-order valence-electron chi connectivity index (χ2n) is 7.56. The minimum Gasteiger partial charge on any atom is -0.512 e. The second-order valence-corrected chi connectivity index (χ2v) is 7.56. The van der Waals surface area contributed by atoms with E-state index in [1.54, 1.807) is 0 Å². The van der Waals surface area contributed by atoms with Gasteiger partial charge in [0.05, 0.1) is 25.1 Å². The Morgan fingerprint density at radius 1 is 1.26 bits per heavy atom. The lowest BCUT2D eigenvalue weighted by atomic mass is 9.69. The van der Waals surface area contributed by atoms with Crippen molar-refractivity contribution in [2.75, 3.05) is 13.2 Å². The summed E-state index contributed by atoms with van der Waals surface area (Å²) in [6, 6.07) is 0. The molecule has 0 bridgehead atoms. The first kappa shape index (κ1) is 17.2. The van der Waals surface area contributed by atoms with Crippen LogP contribution >= 0.6 is 0 Å². The molecule has 1 aliphatic heterocycles. The van der Waals surface area contributed by atoms with Crippen LogP contribution in [0.2, 0.25) is 0 Å². The monoisotopic (exact) mass is 324 g/mol. The van der Waals surface area contributed by atoms with Crippen molar-refractivity contribution in [3.63, 3.8) is 0 Å². The van der Waals surface area contributed by atoms with Crippen molar-refractivity contribution in [1.82, 2.24) is 0 Å². The van der Waals surface area contributed by atoms with Gasteiger partial charge >= 0.3 is 0 Å². The molecule has 2 aliphatic carbocycles. The Bertz CT molecular complexity index is 423. The predicted octanol–water partition coefficient (Wildman–Crippen LogP) is 3.79. The maximum absolute atomic E-state index is 10.5. The fourth-order valence-corrected chi connectivity index (χ4v) is 4.82. The van der Waals surface area contributed by atoms with E-state index in [9.17, 15) is 10.2 Å². The molecule has 4 nitrogen and oxygen atoms in total. The van der Waals surface area contributed by atoms with E-state index in [0.29, 0.717) is 19.0 Å². The zero-order valence-corrected chi connectivity index (χ0v) is 14.5. The SMILES string of the molecule is CCC(CC)CCCC=C(O)[C@@H]1C[C@H]2[C@@H](CC23OCCO3)C1O. The predicted molar refractivity (Wildman–Crippen MR) is 89.0 cm³/mol. The number of unbranched alkanes of at least 4 members (excludes halogenated alkanes) is 1. The summed E-state index contributed by atoms with van der Waals surface area (Å²) in [5.74, 6) is 1.06. The van der Waals surface area contributed by atoms with E-state index >= 15 is 0 Å². The minimum atomic E-state index is -0.450. The van der Waals surface area contributed by atoms with Crippen molar-refractivity contribution in [1.29, 1.82) is 0 Å². The van der Waals surface area contributed by atoms with Crippen LogP contribution in [-0.2, 0) is 9.47 Å². The average molecular weight is 324 g/mol. The zero-order chi connectivity index (χ0) is 16.4. The third kappa shape index (κ3) is 3.18. The van der Waals surface area contributed by atoms with Gasteiger partial charge in [-0.15, -0.1) is 0 Å². The summed E-state index contributed by atoms with van der Waals surface area (Å²) in [5, 5.41) is 20.9. The summed E-state index contributed by atoms with van der Waals surface area (Å²) < 4.78 is 11.6. The number of aliphatic hydroxyl groups excluding tert-OH is 2. The molecule has 4 atom stereocenters. The standard InChI is InChI=1S/C19H32O4/c1-3-13(4-2)7-5-6-8-17(20)14-11-16-15(18(14)21)12-19(16)22-9-10-23-19/h8,13-16,18,20-21H,3-7,9-12H2,1-2H3/t14-,15+,16-,18?/m0/s1. The molecule has 1 heterocycles. The molecule has 2 saturated carbocycles. The summed E-state index contributed by atoms with van der Waals surface area (Å²) in [6.07, 6.45) is 8.75. The summed E-state index contributed by atoms with van der Waals surface area (Å²) in [4.78, 5) is 0. The van der Waals surface area contributed by atoms with Gasteiger partial charge in [-0.25, -0.2) is 0 Å². The highest BCUT2D eigenvalue weighted by Crippen LogP contribution is 2.60. The Hall–Kier alpha value is -0.580. The lowest BCUT2D eigenvalue weighted by Gasteiger charge is -2.48. The number of fused-ring (bicyclic) bond motifs is 2. The van der Waals surface area contributed by atoms with E-state index in [0.717, 1.165) is 31.6 Å². The van der Waals surface area contributed by atoms with E-state index < -0.39 is 11.9 Å². The fraction of sp³-hybridized carbons (Fsp3) is 0.895. The van der Waals surface area contributed by atoms with Crippen LogP contribution in [0.5, 0.6) is 0 Å². The largest absolute Gasteiger partial charge is 0.512 e. The van der Waals surface area contributed by atoms with Crippen molar-refractivity contribution in [2.24, 2.45) is 23.7 Å². The number of hydrogen-bond donors (Lipinski definition) is 2. The topological polar surface area (TPSA) is 58.9 Å². The molecule has 0 aromatic carbocycles. The van der Waals surface area contributed by atoms with Crippen molar-refractivity contribution < 1.29 is 19.7 Å². The molecule has 0 radical (unpaired) electrons. The second kappa shape index (κ2) is 7.12. The Labute approximate surface area is 139 Å². The highest BCUT2D eigenvalue weighted by molar-refractivity contribution is 5.15. The van der Waals surface area contributed by atoms with Crippen LogP contribution in [0.3, 0.4) is 0 Å². The van der Waals surface area contributed by atoms with Crippen molar-refractivity contribution in [2.45, 2.75) is 70.7 Å². The number of allylic oxidation sites excluding steroid dienone is 1. The molecular weight excluding hydrogens is 292 g/mol. The van der Waals surface area contributed by atoms with Crippen LogP contribution in [0.25, 0.3) is 0 Å². The smallest absolute Gasteiger partial charge is 0.172 e. The summed E-state index contributed by atoms with van der Waals surface area (Å²) in [5.41, 5.74) is 0. The fourth-order valence-electron chi connectivity index (χ4n) is 4.82. The van der Waals surface area contributed by atoms with Gasteiger partial charge in [-0.2, -0.15) is 0 Å². The van der Waals surface area contributed by atoms with E-state index in [2.05, 4.69) is 13.8 Å². The highest BCUT2D eigenvalue weighted by Gasteiger charge is 2.65. The molecule has 2 N–H and O–H groups in total. The van der Waals surface area contributed by atoms with E-state index in [1.165, 1.54) is 19.3 Å². The normalized spacial score (nSPS) is 35.7. The van der Waals surface area contributed by atoms with Crippen molar-refractivity contribution in [3.8, 4) is 0 Å². The number of aliphatic hydroxyl groups is 2. The summed E-state index contributed by atoms with van der Waals surface area (Å²) in [7, 11) is 0. The molecule has 1 spiro atoms. The first-order chi connectivity index (χ1) is 11.1. The molecule has 132 valence electrons. The van der Waals surface area contributed by atoms with Crippen LogP contribution in [0, 0.1) is 23.7 Å². The molecule has 3 rings (SSSR count). The van der Waals surface area contributed by atoms with Crippen LogP contribution in [0.4, 0.5) is 0 Å². The van der Waals surface area contributed by atoms with Gasteiger partial charge < -0.3 is 19.7 Å². The molecule has 23 heavy (non-hydrogen) atoms. The van der Waals surface area contributed by atoms with E-state index in [1.807, 2.05) is 6.08 Å². The van der Waals surface area contributed by atoms with Gasteiger partial charge in [0.1, 0.15) is 0 Å². The van der Waals surface area contributed by atoms with Crippen molar-refractivity contribution in [3.05, 3.63) is 11.8 Å². The first-order valence-corrected chi connectivity index (χ1v) is 9.46. The van der Waals surface area contributed by atoms with Crippen molar-refractivity contribution >= 4 is 0 Å². The third-order valence-corrected chi connectivity index (χ3v) is 6.44. The molecule has 4 heteroatoms. The number of rotatable bonds is 7. The Kier molecular flexibility index (Phi) is 5.34. The molecule has 0 aromatic rings. The Morgan fingerprint density at radius 2 is 1.96 bits per heavy atom. The summed E-state index contributed by atoms with van der Waals surface area (Å²) in [6.45, 7) is 5.80. The van der Waals surface area contributed by atoms with Gasteiger partial charge in [-0.3, -0.25) is 0 Å². The maximum atomic E-state index is 10.5. The molecule has 0 aromatic heterocycles. The lowest BCUT2D eigenvalue weighted by Crippen LogP contribution is -2.54. The molecule has 3 aliphatic rings. The quantitative estimate of drug-likeness (QED) is 0.552. The zero-order valence-electron chi connectivity index (χ0n) is 14.5. The van der Waals surface area contributed by atoms with Crippen LogP contribution < -0.4 is 0 Å². The van der Waals surface area contributed by atoms with Gasteiger partial charge in [0.15, 0.2) is 5.79 Å². The minimum absolute atomic E-state index is 0.134. The van der Waals surface area contributed by atoms with Crippen LogP contribution in [0.1, 0.15) is 58.8 Å². The average Bonchev–Trinajstić information content (AvgIpc) is 3.13. The van der Waals surface area contributed by atoms with E-state index in [4.69, 9.17) is 9.47 Å². The number of ether oxygens (including phenoxy) is 2. The molecular formula is C19H32O4. The van der Waals surface area contributed by atoms with Gasteiger partial charge in [0, 0.05) is 18.3 Å². The molecule has 0 amide bonds.